The van der Waals surface area contributed by atoms with Gasteiger partial charge in [0.05, 0.1) is 12.7 Å². The smallest absolute Gasteiger partial charge is 0.198 e. The fourth-order valence-electron chi connectivity index (χ4n) is 2.49. The summed E-state index contributed by atoms with van der Waals surface area (Å²) < 4.78 is 16.4. The topological polar surface area (TPSA) is 44.8 Å². The lowest BCUT2D eigenvalue weighted by Crippen LogP contribution is -2.46. The molecule has 2 rings (SSSR count). The molecule has 0 saturated carbocycles. The molecule has 1 aromatic rings. The van der Waals surface area contributed by atoms with Gasteiger partial charge < -0.3 is 14.2 Å². The number of methoxy groups -OCH3 is 1. The Morgan fingerprint density at radius 2 is 2.00 bits per heavy atom. The standard InChI is InChI=1S/C15H20O4/c1-3-19-15(8-10-18-11-9-15)14(16)12-6-4-5-7-13(12)17-2/h4-7H,3,8-11H2,1-2H3. The maximum Gasteiger partial charge on any atom is 0.198 e. The monoisotopic (exact) mass is 264 g/mol. The minimum absolute atomic E-state index is 0.00454. The van der Waals surface area contributed by atoms with Gasteiger partial charge in [-0.2, -0.15) is 0 Å². The van der Waals surface area contributed by atoms with Gasteiger partial charge >= 0.3 is 0 Å². The maximum atomic E-state index is 12.8. The predicted octanol–water partition coefficient (Wildman–Crippen LogP) is 2.46. The molecule has 0 bridgehead atoms. The highest BCUT2D eigenvalue weighted by Crippen LogP contribution is 2.32. The molecule has 19 heavy (non-hydrogen) atoms. The molecule has 0 aliphatic carbocycles. The van der Waals surface area contributed by atoms with E-state index in [0.29, 0.717) is 44.0 Å². The van der Waals surface area contributed by atoms with E-state index in [9.17, 15) is 4.79 Å². The van der Waals surface area contributed by atoms with E-state index in [2.05, 4.69) is 0 Å². The largest absolute Gasteiger partial charge is 0.496 e. The number of carbonyl (C=O) groups excluding carboxylic acids is 1. The van der Waals surface area contributed by atoms with Crippen LogP contribution in [-0.4, -0.2) is 38.3 Å². The van der Waals surface area contributed by atoms with Gasteiger partial charge in [-0.3, -0.25) is 4.79 Å². The molecule has 0 N–H and O–H groups in total. The summed E-state index contributed by atoms with van der Waals surface area (Å²) in [6.45, 7) is 3.54. The Morgan fingerprint density at radius 3 is 2.63 bits per heavy atom. The van der Waals surface area contributed by atoms with Crippen molar-refractivity contribution >= 4 is 5.78 Å². The Hall–Kier alpha value is -1.39. The van der Waals surface area contributed by atoms with Gasteiger partial charge in [0.25, 0.3) is 0 Å². The fraction of sp³-hybridized carbons (Fsp3) is 0.533. The second-order valence-corrected chi connectivity index (χ2v) is 4.57. The highest BCUT2D eigenvalue weighted by Gasteiger charge is 2.42. The van der Waals surface area contributed by atoms with E-state index in [-0.39, 0.29) is 5.78 Å². The molecule has 1 heterocycles. The van der Waals surface area contributed by atoms with Gasteiger partial charge in [-0.05, 0) is 19.1 Å². The zero-order chi connectivity index (χ0) is 13.7. The van der Waals surface area contributed by atoms with Gasteiger partial charge in [0.1, 0.15) is 11.4 Å². The first-order valence-corrected chi connectivity index (χ1v) is 6.63. The Balaban J connectivity index is 2.33. The molecule has 1 aliphatic heterocycles. The van der Waals surface area contributed by atoms with Crippen molar-refractivity contribution in [3.8, 4) is 5.75 Å². The highest BCUT2D eigenvalue weighted by atomic mass is 16.5. The van der Waals surface area contributed by atoms with Gasteiger partial charge in [-0.25, -0.2) is 0 Å². The average Bonchev–Trinajstić information content (AvgIpc) is 2.47. The molecule has 0 amide bonds. The Kier molecular flexibility index (Phi) is 4.56. The van der Waals surface area contributed by atoms with Crippen molar-refractivity contribution in [2.24, 2.45) is 0 Å². The minimum Gasteiger partial charge on any atom is -0.496 e. The lowest BCUT2D eigenvalue weighted by molar-refractivity contribution is -0.0823. The summed E-state index contributed by atoms with van der Waals surface area (Å²) in [6.07, 6.45) is 1.19. The van der Waals surface area contributed by atoms with E-state index in [4.69, 9.17) is 14.2 Å². The second-order valence-electron chi connectivity index (χ2n) is 4.57. The fourth-order valence-corrected chi connectivity index (χ4v) is 2.49. The molecule has 1 saturated heterocycles. The molecule has 0 atom stereocenters. The van der Waals surface area contributed by atoms with Crippen LogP contribution in [-0.2, 0) is 9.47 Å². The lowest BCUT2D eigenvalue weighted by atomic mass is 9.85. The average molecular weight is 264 g/mol. The molecule has 1 fully saturated rings. The van der Waals surface area contributed by atoms with E-state index in [0.717, 1.165) is 0 Å². The molecule has 4 nitrogen and oxygen atoms in total. The third kappa shape index (κ3) is 2.80. The van der Waals surface area contributed by atoms with Crippen molar-refractivity contribution in [1.82, 2.24) is 0 Å². The highest BCUT2D eigenvalue weighted by molar-refractivity contribution is 6.04. The number of ether oxygens (including phenoxy) is 3. The summed E-state index contributed by atoms with van der Waals surface area (Å²) in [5.74, 6) is 0.591. The summed E-state index contributed by atoms with van der Waals surface area (Å²) in [7, 11) is 1.57. The molecule has 4 heteroatoms. The third-order valence-corrected chi connectivity index (χ3v) is 3.49. The Bertz CT molecular complexity index is 430. The number of rotatable bonds is 5. The maximum absolute atomic E-state index is 12.8. The number of hydrogen-bond acceptors (Lipinski definition) is 4. The van der Waals surface area contributed by atoms with Crippen LogP contribution in [0.1, 0.15) is 30.1 Å². The molecule has 0 radical (unpaired) electrons. The van der Waals surface area contributed by atoms with E-state index >= 15 is 0 Å². The number of hydrogen-bond donors (Lipinski definition) is 0. The third-order valence-electron chi connectivity index (χ3n) is 3.49. The van der Waals surface area contributed by atoms with Crippen molar-refractivity contribution in [3.05, 3.63) is 29.8 Å². The van der Waals surface area contributed by atoms with E-state index in [1.807, 2.05) is 19.1 Å². The van der Waals surface area contributed by atoms with Crippen molar-refractivity contribution in [2.45, 2.75) is 25.4 Å². The van der Waals surface area contributed by atoms with Crippen LogP contribution in [0.2, 0.25) is 0 Å². The first kappa shape index (κ1) is 14.0. The van der Waals surface area contributed by atoms with Gasteiger partial charge in [-0.1, -0.05) is 12.1 Å². The molecule has 0 spiro atoms. The molecule has 0 unspecified atom stereocenters. The minimum atomic E-state index is -0.762. The molecule has 104 valence electrons. The number of para-hydroxylation sites is 1. The van der Waals surface area contributed by atoms with Crippen LogP contribution in [0.25, 0.3) is 0 Å². The van der Waals surface area contributed by atoms with Crippen LogP contribution >= 0.6 is 0 Å². The van der Waals surface area contributed by atoms with Crippen LogP contribution in [0.4, 0.5) is 0 Å². The van der Waals surface area contributed by atoms with E-state index in [1.165, 1.54) is 0 Å². The molecule has 1 aliphatic rings. The molecule has 0 aromatic heterocycles. The quantitative estimate of drug-likeness (QED) is 0.766. The van der Waals surface area contributed by atoms with Crippen molar-refractivity contribution in [1.29, 1.82) is 0 Å². The van der Waals surface area contributed by atoms with Crippen LogP contribution < -0.4 is 4.74 Å². The first-order chi connectivity index (χ1) is 9.23. The van der Waals surface area contributed by atoms with Crippen LogP contribution in [0.5, 0.6) is 5.75 Å². The lowest BCUT2D eigenvalue weighted by Gasteiger charge is -2.35. The van der Waals surface area contributed by atoms with E-state index in [1.54, 1.807) is 19.2 Å². The van der Waals surface area contributed by atoms with Crippen LogP contribution in [0.15, 0.2) is 24.3 Å². The summed E-state index contributed by atoms with van der Waals surface area (Å²) in [5.41, 5.74) is -0.179. The Labute approximate surface area is 113 Å². The SMILES string of the molecule is CCOC1(C(=O)c2ccccc2OC)CCOCC1. The van der Waals surface area contributed by atoms with Gasteiger partial charge in [0.2, 0.25) is 0 Å². The van der Waals surface area contributed by atoms with Crippen LogP contribution in [0, 0.1) is 0 Å². The summed E-state index contributed by atoms with van der Waals surface area (Å²) >= 11 is 0. The number of benzene rings is 1. The van der Waals surface area contributed by atoms with Gasteiger partial charge in [0.15, 0.2) is 5.78 Å². The zero-order valence-electron chi connectivity index (χ0n) is 11.5. The summed E-state index contributed by atoms with van der Waals surface area (Å²) in [5, 5.41) is 0. The van der Waals surface area contributed by atoms with Crippen molar-refractivity contribution in [2.75, 3.05) is 26.9 Å². The molecule has 1 aromatic carbocycles. The summed E-state index contributed by atoms with van der Waals surface area (Å²) in [6, 6.07) is 7.28. The second kappa shape index (κ2) is 6.17. The number of ketones is 1. The van der Waals surface area contributed by atoms with Crippen LogP contribution in [0.3, 0.4) is 0 Å². The Morgan fingerprint density at radius 1 is 1.32 bits per heavy atom. The predicted molar refractivity (Wildman–Crippen MR) is 71.7 cm³/mol. The molecular formula is C15H20O4. The normalized spacial score (nSPS) is 18.0. The zero-order valence-corrected chi connectivity index (χ0v) is 11.5. The summed E-state index contributed by atoms with van der Waals surface area (Å²) in [4.78, 5) is 12.8. The number of Topliss-reactive ketones (excluding diaryl/α,β-unsaturated/α-hetero) is 1. The van der Waals surface area contributed by atoms with Gasteiger partial charge in [0, 0.05) is 32.7 Å². The number of carbonyl (C=O) groups is 1. The first-order valence-electron chi connectivity index (χ1n) is 6.63. The van der Waals surface area contributed by atoms with E-state index < -0.39 is 5.60 Å². The van der Waals surface area contributed by atoms with Crippen molar-refractivity contribution < 1.29 is 19.0 Å². The van der Waals surface area contributed by atoms with Crippen molar-refractivity contribution in [3.63, 3.8) is 0 Å². The molecular weight excluding hydrogens is 244 g/mol. The van der Waals surface area contributed by atoms with Gasteiger partial charge in [-0.15, -0.1) is 0 Å².